The van der Waals surface area contributed by atoms with E-state index < -0.39 is 17.7 Å². The highest BCUT2D eigenvalue weighted by Gasteiger charge is 2.25. The maximum absolute atomic E-state index is 13.1. The average molecular weight is 390 g/mol. The molecule has 29 heavy (non-hydrogen) atoms. The molecule has 0 aliphatic heterocycles. The predicted molar refractivity (Wildman–Crippen MR) is 116 cm³/mol. The molecule has 5 nitrogen and oxygen atoms in total. The SMILES string of the molecule is CC(C)(C)OC(=O)N[C@@H](Cc1ccccc1)C(=O)Nc1cccc2ccccc12. The maximum Gasteiger partial charge on any atom is 0.408 e. The molecule has 0 saturated carbocycles. The van der Waals surface area contributed by atoms with Gasteiger partial charge in [0.2, 0.25) is 5.91 Å². The fourth-order valence-corrected chi connectivity index (χ4v) is 3.06. The predicted octanol–water partition coefficient (Wildman–Crippen LogP) is 4.91. The molecule has 0 bridgehead atoms. The normalized spacial score (nSPS) is 12.2. The minimum Gasteiger partial charge on any atom is -0.444 e. The Labute approximate surface area is 171 Å². The summed E-state index contributed by atoms with van der Waals surface area (Å²) >= 11 is 0. The van der Waals surface area contributed by atoms with E-state index in [-0.39, 0.29) is 5.91 Å². The molecule has 3 aromatic rings. The minimum absolute atomic E-state index is 0.295. The van der Waals surface area contributed by atoms with E-state index in [2.05, 4.69) is 10.6 Å². The summed E-state index contributed by atoms with van der Waals surface area (Å²) in [7, 11) is 0. The van der Waals surface area contributed by atoms with Gasteiger partial charge in [0.05, 0.1) is 0 Å². The summed E-state index contributed by atoms with van der Waals surface area (Å²) < 4.78 is 5.35. The van der Waals surface area contributed by atoms with Crippen LogP contribution in [0.5, 0.6) is 0 Å². The first kappa shape index (κ1) is 20.4. The van der Waals surface area contributed by atoms with Crippen LogP contribution in [0.2, 0.25) is 0 Å². The monoisotopic (exact) mass is 390 g/mol. The summed E-state index contributed by atoms with van der Waals surface area (Å²) in [6, 6.07) is 22.4. The number of ether oxygens (including phenoxy) is 1. The number of carbonyl (C=O) groups is 2. The Balaban J connectivity index is 1.82. The van der Waals surface area contributed by atoms with E-state index in [1.807, 2.05) is 72.8 Å². The summed E-state index contributed by atoms with van der Waals surface area (Å²) in [5, 5.41) is 7.66. The van der Waals surface area contributed by atoms with Crippen LogP contribution in [0.25, 0.3) is 10.8 Å². The van der Waals surface area contributed by atoms with Crippen molar-refractivity contribution in [2.24, 2.45) is 0 Å². The quantitative estimate of drug-likeness (QED) is 0.650. The third-order valence-corrected chi connectivity index (χ3v) is 4.34. The molecule has 5 heteroatoms. The van der Waals surface area contributed by atoms with Gasteiger partial charge >= 0.3 is 6.09 Å². The van der Waals surface area contributed by atoms with Gasteiger partial charge in [-0.15, -0.1) is 0 Å². The van der Waals surface area contributed by atoms with E-state index in [0.29, 0.717) is 12.1 Å². The van der Waals surface area contributed by atoms with Gasteiger partial charge in [0, 0.05) is 17.5 Å². The molecule has 0 heterocycles. The smallest absolute Gasteiger partial charge is 0.408 e. The Hall–Kier alpha value is -3.34. The topological polar surface area (TPSA) is 67.4 Å². The standard InChI is InChI=1S/C24H26N2O3/c1-24(2,3)29-23(28)26-21(16-17-10-5-4-6-11-17)22(27)25-20-15-9-13-18-12-7-8-14-19(18)20/h4-15,21H,16H2,1-3H3,(H,25,27)(H,26,28)/t21-/m0/s1. The molecule has 2 N–H and O–H groups in total. The zero-order chi connectivity index (χ0) is 20.9. The Kier molecular flexibility index (Phi) is 6.17. The van der Waals surface area contributed by atoms with Gasteiger partial charge in [-0.25, -0.2) is 4.79 Å². The zero-order valence-electron chi connectivity index (χ0n) is 16.9. The van der Waals surface area contributed by atoms with Gasteiger partial charge < -0.3 is 15.4 Å². The molecule has 3 aromatic carbocycles. The first-order valence-electron chi connectivity index (χ1n) is 9.64. The van der Waals surface area contributed by atoms with Crippen LogP contribution in [0, 0.1) is 0 Å². The van der Waals surface area contributed by atoms with Crippen LogP contribution in [0.3, 0.4) is 0 Å². The number of rotatable bonds is 5. The summed E-state index contributed by atoms with van der Waals surface area (Å²) in [4.78, 5) is 25.4. The van der Waals surface area contributed by atoms with E-state index in [9.17, 15) is 9.59 Å². The van der Waals surface area contributed by atoms with Crippen LogP contribution >= 0.6 is 0 Å². The number of anilines is 1. The number of hydrogen-bond donors (Lipinski definition) is 2. The van der Waals surface area contributed by atoms with Gasteiger partial charge in [-0.2, -0.15) is 0 Å². The molecule has 0 saturated heterocycles. The second-order valence-electron chi connectivity index (χ2n) is 7.90. The van der Waals surface area contributed by atoms with Gasteiger partial charge in [-0.1, -0.05) is 66.7 Å². The molecule has 3 rings (SSSR count). The van der Waals surface area contributed by atoms with Crippen molar-refractivity contribution in [3.8, 4) is 0 Å². The number of carbonyl (C=O) groups excluding carboxylic acids is 2. The van der Waals surface area contributed by atoms with Gasteiger partial charge in [-0.05, 0) is 37.8 Å². The van der Waals surface area contributed by atoms with Crippen LogP contribution in [0.4, 0.5) is 10.5 Å². The van der Waals surface area contributed by atoms with Crippen molar-refractivity contribution in [2.75, 3.05) is 5.32 Å². The Morgan fingerprint density at radius 3 is 2.28 bits per heavy atom. The highest BCUT2D eigenvalue weighted by Crippen LogP contribution is 2.23. The summed E-state index contributed by atoms with van der Waals surface area (Å²) in [5.74, 6) is -0.295. The van der Waals surface area contributed by atoms with Crippen molar-refractivity contribution in [2.45, 2.75) is 38.8 Å². The van der Waals surface area contributed by atoms with E-state index in [0.717, 1.165) is 16.3 Å². The fourth-order valence-electron chi connectivity index (χ4n) is 3.06. The second-order valence-corrected chi connectivity index (χ2v) is 7.90. The van der Waals surface area contributed by atoms with Crippen molar-refractivity contribution in [3.63, 3.8) is 0 Å². The summed E-state index contributed by atoms with van der Waals surface area (Å²) in [6.07, 6.45) is -0.261. The van der Waals surface area contributed by atoms with Gasteiger partial charge in [0.1, 0.15) is 11.6 Å². The largest absolute Gasteiger partial charge is 0.444 e. The van der Waals surface area contributed by atoms with E-state index >= 15 is 0 Å². The first-order valence-corrected chi connectivity index (χ1v) is 9.64. The van der Waals surface area contributed by atoms with Crippen LogP contribution < -0.4 is 10.6 Å². The number of nitrogens with one attached hydrogen (secondary N) is 2. The second kappa shape index (κ2) is 8.78. The number of amides is 2. The van der Waals surface area contributed by atoms with Gasteiger partial charge in [-0.3, -0.25) is 4.79 Å². The van der Waals surface area contributed by atoms with Crippen molar-refractivity contribution < 1.29 is 14.3 Å². The molecular formula is C24H26N2O3. The van der Waals surface area contributed by atoms with Crippen LogP contribution in [-0.4, -0.2) is 23.6 Å². The first-order chi connectivity index (χ1) is 13.8. The summed E-state index contributed by atoms with van der Waals surface area (Å²) in [6.45, 7) is 5.36. The van der Waals surface area contributed by atoms with Crippen LogP contribution in [0.15, 0.2) is 72.8 Å². The van der Waals surface area contributed by atoms with Crippen LogP contribution in [0.1, 0.15) is 26.3 Å². The third kappa shape index (κ3) is 5.82. The zero-order valence-corrected chi connectivity index (χ0v) is 16.9. The average Bonchev–Trinajstić information content (AvgIpc) is 2.67. The Morgan fingerprint density at radius 2 is 1.55 bits per heavy atom. The third-order valence-electron chi connectivity index (χ3n) is 4.34. The van der Waals surface area contributed by atoms with Crippen molar-refractivity contribution >= 4 is 28.5 Å². The van der Waals surface area contributed by atoms with E-state index in [4.69, 9.17) is 4.74 Å². The minimum atomic E-state index is -0.772. The molecule has 2 amide bonds. The maximum atomic E-state index is 13.1. The molecule has 0 aromatic heterocycles. The number of fused-ring (bicyclic) bond motifs is 1. The number of benzene rings is 3. The lowest BCUT2D eigenvalue weighted by Gasteiger charge is -2.23. The molecule has 0 unspecified atom stereocenters. The lowest BCUT2D eigenvalue weighted by molar-refractivity contribution is -0.118. The molecule has 0 fully saturated rings. The van der Waals surface area contributed by atoms with Crippen molar-refractivity contribution in [1.82, 2.24) is 5.32 Å². The molecule has 0 aliphatic carbocycles. The molecule has 0 radical (unpaired) electrons. The van der Waals surface area contributed by atoms with Crippen molar-refractivity contribution in [1.29, 1.82) is 0 Å². The number of alkyl carbamates (subject to hydrolysis) is 1. The Bertz CT molecular complexity index is 988. The van der Waals surface area contributed by atoms with E-state index in [1.54, 1.807) is 20.8 Å². The van der Waals surface area contributed by atoms with Crippen LogP contribution in [-0.2, 0) is 16.0 Å². The van der Waals surface area contributed by atoms with Gasteiger partial charge in [0.15, 0.2) is 0 Å². The Morgan fingerprint density at radius 1 is 0.897 bits per heavy atom. The molecular weight excluding hydrogens is 364 g/mol. The number of hydrogen-bond acceptors (Lipinski definition) is 3. The molecule has 0 spiro atoms. The van der Waals surface area contributed by atoms with E-state index in [1.165, 1.54) is 0 Å². The highest BCUT2D eigenvalue weighted by atomic mass is 16.6. The highest BCUT2D eigenvalue weighted by molar-refractivity contribution is 6.04. The lowest BCUT2D eigenvalue weighted by atomic mass is 10.0. The van der Waals surface area contributed by atoms with Gasteiger partial charge in [0.25, 0.3) is 0 Å². The molecule has 1 atom stereocenters. The fraction of sp³-hybridized carbons (Fsp3) is 0.250. The lowest BCUT2D eigenvalue weighted by Crippen LogP contribution is -2.47. The molecule has 150 valence electrons. The van der Waals surface area contributed by atoms with Crippen molar-refractivity contribution in [3.05, 3.63) is 78.4 Å². The molecule has 0 aliphatic rings. The summed E-state index contributed by atoms with van der Waals surface area (Å²) in [5.41, 5.74) is 1.01.